The van der Waals surface area contributed by atoms with Gasteiger partial charge in [0, 0.05) is 0 Å². The molecule has 0 aromatic carbocycles. The van der Waals surface area contributed by atoms with E-state index in [0.29, 0.717) is 0 Å². The van der Waals surface area contributed by atoms with Crippen molar-refractivity contribution in [3.05, 3.63) is 42.8 Å². The van der Waals surface area contributed by atoms with Crippen LogP contribution < -0.4 is 0 Å². The summed E-state index contributed by atoms with van der Waals surface area (Å²) < 4.78 is 2.74. The van der Waals surface area contributed by atoms with Crippen LogP contribution in [0.5, 0.6) is 0 Å². The molecule has 0 saturated carbocycles. The van der Waals surface area contributed by atoms with E-state index in [9.17, 15) is 0 Å². The Balaban J connectivity index is 2.48. The normalized spacial score (nSPS) is 20.8. The zero-order valence-electron chi connectivity index (χ0n) is 14.4. The van der Waals surface area contributed by atoms with Crippen LogP contribution in [0.3, 0.4) is 0 Å². The Hall–Kier alpha value is 0.0600. The Morgan fingerprint density at radius 3 is 1.75 bits per heavy atom. The molecule has 0 spiro atoms. The molecule has 2 aliphatic carbocycles. The first-order valence-corrected chi connectivity index (χ1v) is 17.7. The van der Waals surface area contributed by atoms with Crippen LogP contribution in [0.25, 0.3) is 0 Å². The van der Waals surface area contributed by atoms with Crippen molar-refractivity contribution in [1.29, 1.82) is 0 Å². The number of hydrogen-bond acceptors (Lipinski definition) is 0. The Morgan fingerprint density at radius 1 is 0.900 bits per heavy atom. The molecule has 0 bridgehead atoms. The molecule has 0 aromatic rings. The quantitative estimate of drug-likeness (QED) is 0.565. The summed E-state index contributed by atoms with van der Waals surface area (Å²) in [4.78, 5) is 0. The van der Waals surface area contributed by atoms with E-state index in [4.69, 9.17) is 0 Å². The zero-order valence-corrected chi connectivity index (χ0v) is 18.1. The average molecular weight is 365 g/mol. The maximum absolute atomic E-state index is 2.61. The number of hydrogen-bond donors (Lipinski definition) is 0. The van der Waals surface area contributed by atoms with Crippen LogP contribution in [0, 0.1) is 0 Å². The van der Waals surface area contributed by atoms with Gasteiger partial charge in [-0.25, -0.2) is 0 Å². The van der Waals surface area contributed by atoms with Crippen LogP contribution in [-0.2, 0) is 20.9 Å². The molecule has 0 N–H and O–H groups in total. The molecule has 2 rings (SSSR count). The number of rotatable bonds is 3. The zero-order chi connectivity index (χ0) is 15.2. The summed E-state index contributed by atoms with van der Waals surface area (Å²) in [5, 5.41) is 0. The fraction of sp³-hybridized carbons (Fsp3) is 0.556. The second kappa shape index (κ2) is 6.05. The van der Waals surface area contributed by atoms with Gasteiger partial charge in [0.15, 0.2) is 0 Å². The van der Waals surface area contributed by atoms with Crippen molar-refractivity contribution >= 4 is 5.92 Å². The summed E-state index contributed by atoms with van der Waals surface area (Å²) in [7, 11) is 0. The van der Waals surface area contributed by atoms with Gasteiger partial charge in [-0.05, 0) is 0 Å². The van der Waals surface area contributed by atoms with Crippen LogP contribution in [0.15, 0.2) is 42.8 Å². The monoisotopic (exact) mass is 363 g/mol. The van der Waals surface area contributed by atoms with Gasteiger partial charge >= 0.3 is 134 Å². The first-order valence-electron chi connectivity index (χ1n) is 7.86. The third-order valence-corrected chi connectivity index (χ3v) is 26.4. The van der Waals surface area contributed by atoms with E-state index in [-0.39, 0.29) is 0 Å². The van der Waals surface area contributed by atoms with Crippen LogP contribution in [0.4, 0.5) is 0 Å². The van der Waals surface area contributed by atoms with Gasteiger partial charge in [-0.15, -0.1) is 0 Å². The minimum absolute atomic E-state index is 0.563. The van der Waals surface area contributed by atoms with Crippen molar-refractivity contribution in [2.24, 2.45) is 0 Å². The molecule has 0 aliphatic heterocycles. The van der Waals surface area contributed by atoms with Crippen LogP contribution in [0.2, 0.25) is 16.7 Å². The van der Waals surface area contributed by atoms with E-state index < -0.39 is 26.8 Å². The molecular formula is C18H29SiZr. The van der Waals surface area contributed by atoms with Crippen molar-refractivity contribution in [1.82, 2.24) is 0 Å². The molecule has 0 unspecified atom stereocenters. The fourth-order valence-corrected chi connectivity index (χ4v) is 26.0. The van der Waals surface area contributed by atoms with Gasteiger partial charge in [0.1, 0.15) is 0 Å². The van der Waals surface area contributed by atoms with Gasteiger partial charge in [0.25, 0.3) is 0 Å². The first-order chi connectivity index (χ1) is 9.27. The predicted molar refractivity (Wildman–Crippen MR) is 90.4 cm³/mol. The molecule has 0 saturated heterocycles. The minimum atomic E-state index is -1.56. The third-order valence-electron chi connectivity index (χ3n) is 5.51. The van der Waals surface area contributed by atoms with Crippen molar-refractivity contribution in [3.8, 4) is 0 Å². The molecule has 0 radical (unpaired) electrons. The molecule has 0 nitrogen and oxygen atoms in total. The van der Waals surface area contributed by atoms with E-state index in [1.165, 1.54) is 6.42 Å². The SMILES string of the molecule is CC1=C(C)[C]([Zr]([CH]2C(C)=C(C)C(C)=C2C)[SiH](C)C)=CC1. The molecule has 109 valence electrons. The molecule has 2 heteroatoms. The topological polar surface area (TPSA) is 0 Å². The molecule has 0 atom stereocenters. The fourth-order valence-electron chi connectivity index (χ4n) is 3.74. The first kappa shape index (κ1) is 16.4. The van der Waals surface area contributed by atoms with Crippen molar-refractivity contribution in [2.75, 3.05) is 0 Å². The standard InChI is InChI=1S/C9H13.C7H9.C2H7Si.Zr/c1-6-5-7(2)9(4)8(6)3;1-6-4-3-5-7(6)2;1-3-2;/h5H,1-4H3;3H,4H2,1-2H3;3H,1-2H3;. The van der Waals surface area contributed by atoms with E-state index in [0.717, 1.165) is 3.63 Å². The van der Waals surface area contributed by atoms with E-state index in [1.807, 2.05) is 3.28 Å². The van der Waals surface area contributed by atoms with Crippen LogP contribution in [-0.4, -0.2) is 5.92 Å². The third kappa shape index (κ3) is 2.59. The van der Waals surface area contributed by atoms with E-state index in [2.05, 4.69) is 60.7 Å². The van der Waals surface area contributed by atoms with Gasteiger partial charge in [-0.2, -0.15) is 0 Å². The molecule has 0 heterocycles. The maximum atomic E-state index is 2.61. The summed E-state index contributed by atoms with van der Waals surface area (Å²) in [5.41, 5.74) is 9.92. The number of allylic oxidation sites excluding steroid dienone is 8. The molecule has 2 aliphatic rings. The van der Waals surface area contributed by atoms with Gasteiger partial charge < -0.3 is 0 Å². The Bertz CT molecular complexity index is 534. The van der Waals surface area contributed by atoms with Crippen molar-refractivity contribution < 1.29 is 20.9 Å². The summed E-state index contributed by atoms with van der Waals surface area (Å²) >= 11 is -1.56. The van der Waals surface area contributed by atoms with Crippen molar-refractivity contribution in [2.45, 2.75) is 64.7 Å². The molecule has 0 aromatic heterocycles. The second-order valence-corrected chi connectivity index (χ2v) is 26.4. The summed E-state index contributed by atoms with van der Waals surface area (Å²) in [6.45, 7) is 19.5. The average Bonchev–Trinajstić information content (AvgIpc) is 2.80. The van der Waals surface area contributed by atoms with Crippen LogP contribution in [0.1, 0.15) is 48.0 Å². The van der Waals surface area contributed by atoms with Gasteiger partial charge in [0.2, 0.25) is 0 Å². The van der Waals surface area contributed by atoms with Crippen molar-refractivity contribution in [3.63, 3.8) is 0 Å². The molecule has 20 heavy (non-hydrogen) atoms. The summed E-state index contributed by atoms with van der Waals surface area (Å²) in [6.07, 6.45) is 3.83. The summed E-state index contributed by atoms with van der Waals surface area (Å²) in [5.74, 6) is -0.563. The summed E-state index contributed by atoms with van der Waals surface area (Å²) in [6, 6.07) is 0. The molecular weight excluding hydrogens is 336 g/mol. The molecule has 0 fully saturated rings. The Kier molecular flexibility index (Phi) is 4.97. The Morgan fingerprint density at radius 2 is 1.40 bits per heavy atom. The van der Waals surface area contributed by atoms with E-state index >= 15 is 0 Å². The second-order valence-electron chi connectivity index (χ2n) is 6.89. The van der Waals surface area contributed by atoms with E-state index in [1.54, 1.807) is 33.4 Å². The molecule has 0 amide bonds. The Labute approximate surface area is 134 Å². The van der Waals surface area contributed by atoms with Crippen LogP contribution >= 0.6 is 0 Å². The van der Waals surface area contributed by atoms with Gasteiger partial charge in [-0.3, -0.25) is 0 Å². The van der Waals surface area contributed by atoms with Gasteiger partial charge in [0.05, 0.1) is 0 Å². The predicted octanol–water partition coefficient (Wildman–Crippen LogP) is 5.69. The van der Waals surface area contributed by atoms with Gasteiger partial charge in [-0.1, -0.05) is 0 Å².